The van der Waals surface area contributed by atoms with Crippen molar-refractivity contribution in [3.8, 4) is 16.9 Å². The van der Waals surface area contributed by atoms with E-state index in [0.29, 0.717) is 18.6 Å². The number of benzene rings is 2. The molecule has 0 aromatic heterocycles. The highest BCUT2D eigenvalue weighted by molar-refractivity contribution is 6.30. The van der Waals surface area contributed by atoms with E-state index >= 15 is 0 Å². The normalized spacial score (nSPS) is 14.9. The van der Waals surface area contributed by atoms with Gasteiger partial charge in [0.2, 0.25) is 0 Å². The van der Waals surface area contributed by atoms with Gasteiger partial charge in [-0.2, -0.15) is 0 Å². The molecule has 0 atom stereocenters. The van der Waals surface area contributed by atoms with Gasteiger partial charge in [0, 0.05) is 11.1 Å². The van der Waals surface area contributed by atoms with Crippen LogP contribution in [0, 0.1) is 17.3 Å². The van der Waals surface area contributed by atoms with Gasteiger partial charge in [-0.25, -0.2) is 28.8 Å². The van der Waals surface area contributed by atoms with Gasteiger partial charge in [-0.1, -0.05) is 102 Å². The maximum absolute atomic E-state index is 12.5. The van der Waals surface area contributed by atoms with Crippen LogP contribution in [-0.2, 0) is 70.0 Å². The molecule has 13 nitrogen and oxygen atoms in total. The predicted molar refractivity (Wildman–Crippen MR) is 224 cm³/mol. The SMILES string of the molecule is C=C(C)C(=O)OCCCc1cc(-c2ccc(CCC3CCC(CCCCC)CC3)cc2)ccc1OCC(COC(=O)C(=C)C)(COC(=O)C(=O)OC)COC(=O)C(=O)OC. The monoisotopic (exact) mass is 834 g/mol. The van der Waals surface area contributed by atoms with E-state index in [0.717, 1.165) is 49.2 Å². The Labute approximate surface area is 354 Å². The summed E-state index contributed by atoms with van der Waals surface area (Å²) >= 11 is 0. The number of carbonyl (C=O) groups excluding carboxylic acids is 6. The van der Waals surface area contributed by atoms with Crippen LogP contribution in [0.4, 0.5) is 0 Å². The van der Waals surface area contributed by atoms with Crippen molar-refractivity contribution < 1.29 is 61.9 Å². The van der Waals surface area contributed by atoms with Gasteiger partial charge in [-0.15, -0.1) is 0 Å². The van der Waals surface area contributed by atoms with E-state index in [1.807, 2.05) is 12.1 Å². The molecule has 0 radical (unpaired) electrons. The highest BCUT2D eigenvalue weighted by Crippen LogP contribution is 2.35. The maximum Gasteiger partial charge on any atom is 0.417 e. The standard InChI is InChI=1S/C47H62O13/c1-8-9-10-12-34-14-16-35(17-15-34)18-19-36-20-22-37(23-21-36)38-24-25-40(39(27-38)13-11-26-56-41(48)32(2)3)57-28-47(29-58-42(49)33(4)5,30-59-45(52)43(50)54-6)31-60-46(53)44(51)55-7/h20-25,27,34-35H,2,4,8-19,26,28-31H2,1,3,5-7H3. The summed E-state index contributed by atoms with van der Waals surface area (Å²) in [6, 6.07) is 14.1. The molecule has 0 saturated heterocycles. The fourth-order valence-corrected chi connectivity index (χ4v) is 6.92. The van der Waals surface area contributed by atoms with Crippen LogP contribution in [0.5, 0.6) is 5.75 Å². The molecule has 1 saturated carbocycles. The van der Waals surface area contributed by atoms with Gasteiger partial charge in [0.25, 0.3) is 0 Å². The highest BCUT2D eigenvalue weighted by Gasteiger charge is 2.39. The lowest BCUT2D eigenvalue weighted by molar-refractivity contribution is -0.177. The summed E-state index contributed by atoms with van der Waals surface area (Å²) in [7, 11) is 1.99. The van der Waals surface area contributed by atoms with Gasteiger partial charge in [-0.05, 0) is 85.8 Å². The average molecular weight is 835 g/mol. The van der Waals surface area contributed by atoms with Crippen LogP contribution in [-0.4, -0.2) is 83.1 Å². The number of hydrogen-bond donors (Lipinski definition) is 0. The lowest BCUT2D eigenvalue weighted by atomic mass is 9.78. The van der Waals surface area contributed by atoms with Crippen LogP contribution in [0.15, 0.2) is 66.8 Å². The Morgan fingerprint density at radius 1 is 0.600 bits per heavy atom. The molecule has 2 aromatic carbocycles. The Morgan fingerprint density at radius 3 is 1.65 bits per heavy atom. The van der Waals surface area contributed by atoms with Crippen molar-refractivity contribution in [3.63, 3.8) is 0 Å². The van der Waals surface area contributed by atoms with E-state index in [1.54, 1.807) is 13.0 Å². The zero-order chi connectivity index (χ0) is 44.1. The van der Waals surface area contributed by atoms with Crippen molar-refractivity contribution in [2.75, 3.05) is 47.3 Å². The zero-order valence-corrected chi connectivity index (χ0v) is 35.9. The van der Waals surface area contributed by atoms with Gasteiger partial charge in [-0.3, -0.25) is 0 Å². The van der Waals surface area contributed by atoms with Crippen LogP contribution >= 0.6 is 0 Å². The maximum atomic E-state index is 12.5. The van der Waals surface area contributed by atoms with Crippen LogP contribution in [0.1, 0.15) is 96.1 Å². The van der Waals surface area contributed by atoms with E-state index < -0.39 is 67.7 Å². The second-order valence-electron chi connectivity index (χ2n) is 15.7. The number of carbonyl (C=O) groups is 6. The molecule has 13 heteroatoms. The minimum atomic E-state index is -1.66. The van der Waals surface area contributed by atoms with Crippen molar-refractivity contribution in [2.45, 2.75) is 97.8 Å². The molecule has 1 aliphatic carbocycles. The Hall–Kier alpha value is -5.46. The van der Waals surface area contributed by atoms with Gasteiger partial charge in [0.05, 0.1) is 20.8 Å². The van der Waals surface area contributed by atoms with E-state index in [4.69, 9.17) is 23.7 Å². The van der Waals surface area contributed by atoms with Crippen molar-refractivity contribution >= 4 is 35.8 Å². The third kappa shape index (κ3) is 16.3. The number of methoxy groups -OCH3 is 2. The number of rotatable bonds is 23. The topological polar surface area (TPSA) is 167 Å². The first-order chi connectivity index (χ1) is 28.7. The third-order valence-corrected chi connectivity index (χ3v) is 10.7. The van der Waals surface area contributed by atoms with E-state index in [2.05, 4.69) is 53.8 Å². The van der Waals surface area contributed by atoms with Gasteiger partial charge < -0.3 is 33.2 Å². The van der Waals surface area contributed by atoms with E-state index in [-0.39, 0.29) is 17.8 Å². The van der Waals surface area contributed by atoms with E-state index in [9.17, 15) is 28.8 Å². The van der Waals surface area contributed by atoms with Crippen molar-refractivity contribution in [2.24, 2.45) is 17.3 Å². The predicted octanol–water partition coefficient (Wildman–Crippen LogP) is 7.64. The summed E-state index contributed by atoms with van der Waals surface area (Å²) < 4.78 is 36.4. The lowest BCUT2D eigenvalue weighted by Gasteiger charge is -2.32. The molecule has 328 valence electrons. The number of aryl methyl sites for hydroxylation is 2. The second kappa shape index (κ2) is 25.2. The molecule has 0 N–H and O–H groups in total. The second-order valence-corrected chi connectivity index (χ2v) is 15.7. The van der Waals surface area contributed by atoms with Gasteiger partial charge >= 0.3 is 35.8 Å². The molecule has 1 fully saturated rings. The molecule has 0 unspecified atom stereocenters. The molecule has 1 aliphatic rings. The molecular formula is C47H62O13. The molecular weight excluding hydrogens is 773 g/mol. The Kier molecular flexibility index (Phi) is 20.6. The third-order valence-electron chi connectivity index (χ3n) is 10.7. The van der Waals surface area contributed by atoms with Crippen molar-refractivity contribution in [3.05, 3.63) is 77.9 Å². The Balaban J connectivity index is 1.86. The first kappa shape index (κ1) is 48.9. The molecule has 2 aromatic rings. The largest absolute Gasteiger partial charge is 0.492 e. The van der Waals surface area contributed by atoms with Crippen molar-refractivity contribution in [1.82, 2.24) is 0 Å². The fraction of sp³-hybridized carbons (Fsp3) is 0.532. The van der Waals surface area contributed by atoms with Crippen LogP contribution in [0.2, 0.25) is 0 Å². The first-order valence-electron chi connectivity index (χ1n) is 20.7. The van der Waals surface area contributed by atoms with Crippen molar-refractivity contribution in [1.29, 1.82) is 0 Å². The van der Waals surface area contributed by atoms with E-state index in [1.165, 1.54) is 70.3 Å². The molecule has 0 amide bonds. The highest BCUT2D eigenvalue weighted by atomic mass is 16.6. The number of ether oxygens (including phenoxy) is 7. The minimum absolute atomic E-state index is 0.0524. The lowest BCUT2D eigenvalue weighted by Crippen LogP contribution is -2.45. The summed E-state index contributed by atoms with van der Waals surface area (Å²) in [5, 5.41) is 0. The summed E-state index contributed by atoms with van der Waals surface area (Å²) in [6.45, 7) is 10.2. The minimum Gasteiger partial charge on any atom is -0.492 e. The summed E-state index contributed by atoms with van der Waals surface area (Å²) in [6.07, 6.45) is 13.7. The summed E-state index contributed by atoms with van der Waals surface area (Å²) in [5.41, 5.74) is 2.57. The number of esters is 6. The molecule has 60 heavy (non-hydrogen) atoms. The molecule has 0 aliphatic heterocycles. The fourth-order valence-electron chi connectivity index (χ4n) is 6.92. The number of unbranched alkanes of at least 4 members (excludes halogenated alkanes) is 2. The summed E-state index contributed by atoms with van der Waals surface area (Å²) in [4.78, 5) is 73.2. The smallest absolute Gasteiger partial charge is 0.417 e. The van der Waals surface area contributed by atoms with Crippen LogP contribution in [0.25, 0.3) is 11.1 Å². The molecule has 0 heterocycles. The Morgan fingerprint density at radius 2 is 1.12 bits per heavy atom. The molecule has 0 bridgehead atoms. The number of hydrogen-bond acceptors (Lipinski definition) is 13. The van der Waals surface area contributed by atoms with Crippen LogP contribution in [0.3, 0.4) is 0 Å². The van der Waals surface area contributed by atoms with Crippen LogP contribution < -0.4 is 4.74 Å². The average Bonchev–Trinajstić information content (AvgIpc) is 3.26. The quantitative estimate of drug-likeness (QED) is 0.0353. The Bertz CT molecular complexity index is 1750. The molecule has 3 rings (SSSR count). The van der Waals surface area contributed by atoms with Gasteiger partial charge in [0.15, 0.2) is 0 Å². The van der Waals surface area contributed by atoms with Gasteiger partial charge in [0.1, 0.15) is 37.6 Å². The summed E-state index contributed by atoms with van der Waals surface area (Å²) in [5.74, 6) is -4.62. The zero-order valence-electron chi connectivity index (χ0n) is 35.9. The first-order valence-corrected chi connectivity index (χ1v) is 20.7. The molecule has 0 spiro atoms.